The van der Waals surface area contributed by atoms with Crippen LogP contribution in [0.4, 0.5) is 5.69 Å². The van der Waals surface area contributed by atoms with Crippen LogP contribution >= 0.6 is 0 Å². The quantitative estimate of drug-likeness (QED) is 0.805. The first kappa shape index (κ1) is 11.9. The van der Waals surface area contributed by atoms with Crippen LogP contribution in [0.25, 0.3) is 0 Å². The molecule has 4 heteroatoms. The highest BCUT2D eigenvalue weighted by atomic mass is 16.2. The van der Waals surface area contributed by atoms with Gasteiger partial charge in [0.15, 0.2) is 0 Å². The molecule has 2 N–H and O–H groups in total. The number of nitrogens with two attached hydrogens (primary N) is 1. The second-order valence-corrected chi connectivity index (χ2v) is 5.06. The van der Waals surface area contributed by atoms with Gasteiger partial charge in [0.1, 0.15) is 0 Å². The van der Waals surface area contributed by atoms with E-state index < -0.39 is 0 Å². The van der Waals surface area contributed by atoms with Crippen molar-refractivity contribution in [2.45, 2.75) is 33.2 Å². The van der Waals surface area contributed by atoms with E-state index in [1.807, 2.05) is 11.8 Å². The molecule has 1 aromatic heterocycles. The first-order chi connectivity index (χ1) is 7.99. The molecule has 2 atom stereocenters. The van der Waals surface area contributed by atoms with E-state index in [1.54, 1.807) is 12.3 Å². The highest BCUT2D eigenvalue weighted by molar-refractivity contribution is 5.99. The highest BCUT2D eigenvalue weighted by Gasteiger charge is 2.31. The van der Waals surface area contributed by atoms with Crippen LogP contribution in [0.2, 0.25) is 0 Å². The largest absolute Gasteiger partial charge is 0.398 e. The van der Waals surface area contributed by atoms with Crippen molar-refractivity contribution in [2.75, 3.05) is 12.3 Å². The molecule has 0 radical (unpaired) electrons. The van der Waals surface area contributed by atoms with Crippen LogP contribution in [0.3, 0.4) is 0 Å². The number of pyridine rings is 1. The number of rotatable bonds is 1. The van der Waals surface area contributed by atoms with E-state index in [-0.39, 0.29) is 5.91 Å². The van der Waals surface area contributed by atoms with Crippen molar-refractivity contribution in [2.24, 2.45) is 5.92 Å². The lowest BCUT2D eigenvalue weighted by molar-refractivity contribution is 0.0744. The molecule has 2 heterocycles. The highest BCUT2D eigenvalue weighted by Crippen LogP contribution is 2.25. The molecule has 1 saturated heterocycles. The molecule has 1 aliphatic rings. The molecule has 1 amide bonds. The Bertz CT molecular complexity index is 444. The third kappa shape index (κ3) is 2.25. The van der Waals surface area contributed by atoms with Gasteiger partial charge < -0.3 is 10.6 Å². The third-order valence-electron chi connectivity index (χ3n) is 3.35. The molecular formula is C13H19N3O. The number of hydrogen-bond acceptors (Lipinski definition) is 3. The summed E-state index contributed by atoms with van der Waals surface area (Å²) in [5.41, 5.74) is 7.76. The van der Waals surface area contributed by atoms with Crippen molar-refractivity contribution in [3.8, 4) is 0 Å². The molecule has 17 heavy (non-hydrogen) atoms. The van der Waals surface area contributed by atoms with Gasteiger partial charge in [0.05, 0.1) is 5.56 Å². The molecule has 1 fully saturated rings. The smallest absolute Gasteiger partial charge is 0.257 e. The van der Waals surface area contributed by atoms with Crippen LogP contribution in [0, 0.1) is 12.8 Å². The standard InChI is InChI=1S/C13H19N3O/c1-8-4-10(3)16(7-8)13(17)11-6-15-9(2)5-12(11)14/h5-6,8,10H,4,7H2,1-3H3,(H2,14,15). The van der Waals surface area contributed by atoms with Gasteiger partial charge in [-0.2, -0.15) is 0 Å². The SMILES string of the molecule is Cc1cc(N)c(C(=O)N2CC(C)CC2C)cn1. The normalized spacial score (nSPS) is 24.1. The first-order valence-corrected chi connectivity index (χ1v) is 6.02. The number of aromatic nitrogens is 1. The molecule has 2 rings (SSSR count). The van der Waals surface area contributed by atoms with Crippen molar-refractivity contribution in [3.05, 3.63) is 23.5 Å². The molecule has 0 spiro atoms. The summed E-state index contributed by atoms with van der Waals surface area (Å²) in [5, 5.41) is 0. The Kier molecular flexibility index (Phi) is 3.05. The molecule has 0 aromatic carbocycles. The van der Waals surface area contributed by atoms with Crippen molar-refractivity contribution < 1.29 is 4.79 Å². The minimum absolute atomic E-state index is 0.00634. The second-order valence-electron chi connectivity index (χ2n) is 5.06. The zero-order chi connectivity index (χ0) is 12.6. The lowest BCUT2D eigenvalue weighted by Crippen LogP contribution is -2.34. The number of nitrogens with zero attached hydrogens (tertiary/aromatic N) is 2. The van der Waals surface area contributed by atoms with Gasteiger partial charge in [-0.15, -0.1) is 0 Å². The number of anilines is 1. The lowest BCUT2D eigenvalue weighted by Gasteiger charge is -2.22. The summed E-state index contributed by atoms with van der Waals surface area (Å²) in [6, 6.07) is 2.04. The molecule has 1 aliphatic heterocycles. The van der Waals surface area contributed by atoms with E-state index in [0.29, 0.717) is 23.2 Å². The van der Waals surface area contributed by atoms with Crippen molar-refractivity contribution in [1.29, 1.82) is 0 Å². The second kappa shape index (κ2) is 4.35. The fourth-order valence-electron chi connectivity index (χ4n) is 2.50. The minimum atomic E-state index is 0.00634. The van der Waals surface area contributed by atoms with E-state index in [4.69, 9.17) is 5.73 Å². The molecule has 0 aliphatic carbocycles. The third-order valence-corrected chi connectivity index (χ3v) is 3.35. The number of amides is 1. The van der Waals surface area contributed by atoms with Crippen molar-refractivity contribution in [1.82, 2.24) is 9.88 Å². The number of carbonyl (C=O) groups is 1. The van der Waals surface area contributed by atoms with E-state index in [2.05, 4.69) is 18.8 Å². The van der Waals surface area contributed by atoms with Gasteiger partial charge in [-0.1, -0.05) is 6.92 Å². The topological polar surface area (TPSA) is 59.2 Å². The van der Waals surface area contributed by atoms with Crippen LogP contribution in [0.5, 0.6) is 0 Å². The van der Waals surface area contributed by atoms with Crippen molar-refractivity contribution >= 4 is 11.6 Å². The number of likely N-dealkylation sites (tertiary alicyclic amines) is 1. The van der Waals surface area contributed by atoms with Gasteiger partial charge in [-0.05, 0) is 32.3 Å². The molecule has 92 valence electrons. The summed E-state index contributed by atoms with van der Waals surface area (Å²) in [7, 11) is 0. The maximum atomic E-state index is 12.3. The van der Waals surface area contributed by atoms with E-state index in [9.17, 15) is 4.79 Å². The average Bonchev–Trinajstić information content (AvgIpc) is 2.57. The summed E-state index contributed by atoms with van der Waals surface area (Å²) in [5.74, 6) is 0.570. The summed E-state index contributed by atoms with van der Waals surface area (Å²) < 4.78 is 0. The molecule has 0 saturated carbocycles. The van der Waals surface area contributed by atoms with Crippen LogP contribution in [0.1, 0.15) is 36.3 Å². The minimum Gasteiger partial charge on any atom is -0.398 e. The Balaban J connectivity index is 2.25. The molecule has 0 bridgehead atoms. The lowest BCUT2D eigenvalue weighted by atomic mass is 10.1. The predicted octanol–water partition coefficient (Wildman–Crippen LogP) is 1.84. The monoisotopic (exact) mass is 233 g/mol. The summed E-state index contributed by atoms with van der Waals surface area (Å²) in [6.45, 7) is 6.93. The fraction of sp³-hybridized carbons (Fsp3) is 0.538. The van der Waals surface area contributed by atoms with Crippen LogP contribution < -0.4 is 5.73 Å². The number of aryl methyl sites for hydroxylation is 1. The Morgan fingerprint density at radius 3 is 2.76 bits per heavy atom. The molecule has 4 nitrogen and oxygen atoms in total. The maximum Gasteiger partial charge on any atom is 0.257 e. The van der Waals surface area contributed by atoms with Gasteiger partial charge in [0.25, 0.3) is 5.91 Å². The maximum absolute atomic E-state index is 12.3. The molecule has 2 unspecified atom stereocenters. The predicted molar refractivity (Wildman–Crippen MR) is 67.7 cm³/mol. The Hall–Kier alpha value is -1.58. The van der Waals surface area contributed by atoms with Gasteiger partial charge in [-0.25, -0.2) is 0 Å². The summed E-state index contributed by atoms with van der Waals surface area (Å²) in [4.78, 5) is 18.4. The summed E-state index contributed by atoms with van der Waals surface area (Å²) in [6.07, 6.45) is 2.65. The Morgan fingerprint density at radius 2 is 2.24 bits per heavy atom. The van der Waals surface area contributed by atoms with Crippen LogP contribution in [-0.4, -0.2) is 28.4 Å². The number of hydrogen-bond donors (Lipinski definition) is 1. The van der Waals surface area contributed by atoms with Gasteiger partial charge in [-0.3, -0.25) is 9.78 Å². The van der Waals surface area contributed by atoms with E-state index in [1.165, 1.54) is 0 Å². The molecular weight excluding hydrogens is 214 g/mol. The number of nitrogen functional groups attached to an aromatic ring is 1. The number of carbonyl (C=O) groups excluding carboxylic acids is 1. The van der Waals surface area contributed by atoms with Gasteiger partial charge >= 0.3 is 0 Å². The van der Waals surface area contributed by atoms with Crippen LogP contribution in [0.15, 0.2) is 12.3 Å². The zero-order valence-electron chi connectivity index (χ0n) is 10.6. The van der Waals surface area contributed by atoms with Gasteiger partial charge in [0.2, 0.25) is 0 Å². The first-order valence-electron chi connectivity index (χ1n) is 6.02. The van der Waals surface area contributed by atoms with E-state index in [0.717, 1.165) is 18.7 Å². The van der Waals surface area contributed by atoms with Crippen molar-refractivity contribution in [3.63, 3.8) is 0 Å². The Morgan fingerprint density at radius 1 is 1.53 bits per heavy atom. The average molecular weight is 233 g/mol. The zero-order valence-corrected chi connectivity index (χ0v) is 10.6. The van der Waals surface area contributed by atoms with Gasteiger partial charge in [0, 0.05) is 30.2 Å². The van der Waals surface area contributed by atoms with Crippen LogP contribution in [-0.2, 0) is 0 Å². The fourth-order valence-corrected chi connectivity index (χ4v) is 2.50. The molecule has 1 aromatic rings. The van der Waals surface area contributed by atoms with E-state index >= 15 is 0 Å². The summed E-state index contributed by atoms with van der Waals surface area (Å²) >= 11 is 0. The Labute approximate surface area is 102 Å².